The minimum atomic E-state index is -0.356. The van der Waals surface area contributed by atoms with E-state index in [1.54, 1.807) is 0 Å². The van der Waals surface area contributed by atoms with Gasteiger partial charge in [0.15, 0.2) is 0 Å². The van der Waals surface area contributed by atoms with Gasteiger partial charge in [-0.05, 0) is 44.3 Å². The van der Waals surface area contributed by atoms with Crippen molar-refractivity contribution >= 4 is 17.7 Å². The van der Waals surface area contributed by atoms with Crippen LogP contribution in [0.4, 0.5) is 0 Å². The smallest absolute Gasteiger partial charge is 0.244 e. The van der Waals surface area contributed by atoms with Gasteiger partial charge in [0.25, 0.3) is 0 Å². The Kier molecular flexibility index (Phi) is 5.06. The van der Waals surface area contributed by atoms with Gasteiger partial charge >= 0.3 is 0 Å². The molecule has 4 atom stereocenters. The minimum absolute atomic E-state index is 0.211. The van der Waals surface area contributed by atoms with Crippen LogP contribution < -0.4 is 5.32 Å². The summed E-state index contributed by atoms with van der Waals surface area (Å²) in [5, 5.41) is 4.36. The molecule has 0 bridgehead atoms. The summed E-state index contributed by atoms with van der Waals surface area (Å²) in [5.41, 5.74) is -0.356. The third-order valence-electron chi connectivity index (χ3n) is 4.96. The van der Waals surface area contributed by atoms with Gasteiger partial charge in [0.1, 0.15) is 0 Å². The molecule has 0 spiro atoms. The SMILES string of the molecule is CCSC1CCC(N2C(=O)C(C)(CC)NC2C(C)C)C1. The molecule has 1 heterocycles. The molecule has 3 nitrogen and oxygen atoms in total. The number of hydrogen-bond donors (Lipinski definition) is 1. The molecule has 116 valence electrons. The number of nitrogens with one attached hydrogen (secondary N) is 1. The van der Waals surface area contributed by atoms with Crippen molar-refractivity contribution < 1.29 is 4.79 Å². The maximum Gasteiger partial charge on any atom is 0.244 e. The number of nitrogens with zero attached hydrogens (tertiary/aromatic N) is 1. The largest absolute Gasteiger partial charge is 0.322 e. The Hall–Kier alpha value is -0.220. The van der Waals surface area contributed by atoms with Crippen LogP contribution in [0, 0.1) is 5.92 Å². The fourth-order valence-corrected chi connectivity index (χ4v) is 4.69. The topological polar surface area (TPSA) is 32.3 Å². The highest BCUT2D eigenvalue weighted by molar-refractivity contribution is 7.99. The van der Waals surface area contributed by atoms with Crippen LogP contribution in [0.5, 0.6) is 0 Å². The summed E-state index contributed by atoms with van der Waals surface area (Å²) in [6.07, 6.45) is 4.69. The summed E-state index contributed by atoms with van der Waals surface area (Å²) in [4.78, 5) is 15.1. The summed E-state index contributed by atoms with van der Waals surface area (Å²) in [5.74, 6) is 1.97. The van der Waals surface area contributed by atoms with E-state index < -0.39 is 0 Å². The Bertz CT molecular complexity index is 360. The standard InChI is InChI=1S/C16H30N2OS/c1-6-16(5)15(19)18(14(17-16)11(3)4)12-8-9-13(10-12)20-7-2/h11-14,17H,6-10H2,1-5H3. The van der Waals surface area contributed by atoms with E-state index in [-0.39, 0.29) is 11.7 Å². The maximum atomic E-state index is 12.9. The van der Waals surface area contributed by atoms with Gasteiger partial charge in [-0.15, -0.1) is 0 Å². The molecule has 4 unspecified atom stereocenters. The van der Waals surface area contributed by atoms with Crippen molar-refractivity contribution in [1.29, 1.82) is 0 Å². The number of rotatable bonds is 5. The van der Waals surface area contributed by atoms with Crippen LogP contribution in [-0.4, -0.2) is 39.6 Å². The molecule has 1 aliphatic carbocycles. The lowest BCUT2D eigenvalue weighted by atomic mass is 9.99. The van der Waals surface area contributed by atoms with E-state index in [1.165, 1.54) is 25.0 Å². The van der Waals surface area contributed by atoms with Crippen molar-refractivity contribution in [2.45, 2.75) is 83.3 Å². The lowest BCUT2D eigenvalue weighted by Gasteiger charge is -2.32. The van der Waals surface area contributed by atoms with Crippen molar-refractivity contribution in [2.24, 2.45) is 5.92 Å². The Morgan fingerprint density at radius 3 is 2.65 bits per heavy atom. The molecule has 20 heavy (non-hydrogen) atoms. The van der Waals surface area contributed by atoms with Crippen LogP contribution in [0.15, 0.2) is 0 Å². The third kappa shape index (κ3) is 2.87. The zero-order valence-electron chi connectivity index (χ0n) is 13.6. The van der Waals surface area contributed by atoms with Crippen molar-refractivity contribution in [1.82, 2.24) is 10.2 Å². The number of carbonyl (C=O) groups excluding carboxylic acids is 1. The molecule has 0 aromatic heterocycles. The Morgan fingerprint density at radius 1 is 1.40 bits per heavy atom. The van der Waals surface area contributed by atoms with Gasteiger partial charge in [-0.3, -0.25) is 10.1 Å². The predicted molar refractivity (Wildman–Crippen MR) is 86.9 cm³/mol. The molecule has 0 radical (unpaired) electrons. The average molecular weight is 298 g/mol. The third-order valence-corrected chi connectivity index (χ3v) is 6.20. The zero-order valence-corrected chi connectivity index (χ0v) is 14.4. The number of thioether (sulfide) groups is 1. The van der Waals surface area contributed by atoms with Crippen LogP contribution in [0.1, 0.15) is 60.3 Å². The molecule has 1 saturated carbocycles. The highest BCUT2D eigenvalue weighted by Crippen LogP contribution is 2.38. The van der Waals surface area contributed by atoms with Gasteiger partial charge < -0.3 is 4.90 Å². The van der Waals surface area contributed by atoms with Gasteiger partial charge in [-0.25, -0.2) is 0 Å². The van der Waals surface area contributed by atoms with Gasteiger partial charge in [-0.1, -0.05) is 27.7 Å². The number of hydrogen-bond acceptors (Lipinski definition) is 3. The van der Waals surface area contributed by atoms with E-state index in [2.05, 4.69) is 56.6 Å². The van der Waals surface area contributed by atoms with Crippen molar-refractivity contribution in [2.75, 3.05) is 5.75 Å². The second-order valence-electron chi connectivity index (χ2n) is 6.78. The van der Waals surface area contributed by atoms with E-state index in [0.717, 1.165) is 11.7 Å². The second-order valence-corrected chi connectivity index (χ2v) is 8.35. The lowest BCUT2D eigenvalue weighted by Crippen LogP contribution is -2.46. The van der Waals surface area contributed by atoms with Crippen LogP contribution in [-0.2, 0) is 4.79 Å². The Morgan fingerprint density at radius 2 is 2.10 bits per heavy atom. The van der Waals surface area contributed by atoms with Crippen LogP contribution in [0.2, 0.25) is 0 Å². The van der Waals surface area contributed by atoms with Gasteiger partial charge in [-0.2, -0.15) is 11.8 Å². The number of carbonyl (C=O) groups is 1. The van der Waals surface area contributed by atoms with Crippen LogP contribution in [0.25, 0.3) is 0 Å². The minimum Gasteiger partial charge on any atom is -0.322 e. The first-order chi connectivity index (χ1) is 9.42. The maximum absolute atomic E-state index is 12.9. The highest BCUT2D eigenvalue weighted by Gasteiger charge is 2.50. The molecule has 4 heteroatoms. The van der Waals surface area contributed by atoms with E-state index in [0.29, 0.717) is 17.9 Å². The first-order valence-corrected chi connectivity index (χ1v) is 9.19. The molecular formula is C16H30N2OS. The molecule has 1 amide bonds. The lowest BCUT2D eigenvalue weighted by molar-refractivity contribution is -0.135. The van der Waals surface area contributed by atoms with Crippen LogP contribution in [0.3, 0.4) is 0 Å². The molecule has 2 fully saturated rings. The van der Waals surface area contributed by atoms with Gasteiger partial charge in [0, 0.05) is 11.3 Å². The molecule has 2 rings (SSSR count). The first-order valence-electron chi connectivity index (χ1n) is 8.15. The summed E-state index contributed by atoms with van der Waals surface area (Å²) in [7, 11) is 0. The molecule has 1 N–H and O–H groups in total. The Balaban J connectivity index is 2.14. The second kappa shape index (κ2) is 6.27. The fraction of sp³-hybridized carbons (Fsp3) is 0.938. The zero-order chi connectivity index (χ0) is 14.9. The van der Waals surface area contributed by atoms with E-state index >= 15 is 0 Å². The molecular weight excluding hydrogens is 268 g/mol. The van der Waals surface area contributed by atoms with E-state index in [1.807, 2.05) is 0 Å². The molecule has 1 saturated heterocycles. The predicted octanol–water partition coefficient (Wildman–Crippen LogP) is 3.24. The normalized spacial score (nSPS) is 38.2. The van der Waals surface area contributed by atoms with Gasteiger partial charge in [0.05, 0.1) is 11.7 Å². The van der Waals surface area contributed by atoms with E-state index in [9.17, 15) is 4.79 Å². The Labute approximate surface area is 128 Å². The fourth-order valence-electron chi connectivity index (χ4n) is 3.56. The van der Waals surface area contributed by atoms with Crippen molar-refractivity contribution in [3.8, 4) is 0 Å². The summed E-state index contributed by atoms with van der Waals surface area (Å²) in [6, 6.07) is 0.444. The van der Waals surface area contributed by atoms with E-state index in [4.69, 9.17) is 0 Å². The molecule has 2 aliphatic rings. The number of amides is 1. The van der Waals surface area contributed by atoms with Crippen LogP contribution >= 0.6 is 11.8 Å². The van der Waals surface area contributed by atoms with Crippen molar-refractivity contribution in [3.63, 3.8) is 0 Å². The summed E-state index contributed by atoms with van der Waals surface area (Å²) in [6.45, 7) is 10.8. The monoisotopic (exact) mass is 298 g/mol. The van der Waals surface area contributed by atoms with Crippen molar-refractivity contribution in [3.05, 3.63) is 0 Å². The molecule has 0 aromatic rings. The summed E-state index contributed by atoms with van der Waals surface area (Å²) >= 11 is 2.06. The first kappa shape index (κ1) is 16.2. The molecule has 1 aliphatic heterocycles. The highest BCUT2D eigenvalue weighted by atomic mass is 32.2. The average Bonchev–Trinajstić information content (AvgIpc) is 2.95. The van der Waals surface area contributed by atoms with Gasteiger partial charge in [0.2, 0.25) is 5.91 Å². The summed E-state index contributed by atoms with van der Waals surface area (Å²) < 4.78 is 0. The molecule has 0 aromatic carbocycles. The quantitative estimate of drug-likeness (QED) is 0.845.